The number of hydrogen-bond acceptors (Lipinski definition) is 6. The molecule has 1 amide bonds. The van der Waals surface area contributed by atoms with Gasteiger partial charge in [-0.2, -0.15) is 0 Å². The van der Waals surface area contributed by atoms with Gasteiger partial charge in [0.25, 0.3) is 11.2 Å². The number of hydrogen-bond donors (Lipinski definition) is 1. The van der Waals surface area contributed by atoms with Gasteiger partial charge in [0.05, 0.1) is 21.1 Å². The number of fused-ring (bicyclic) bond motifs is 1. The van der Waals surface area contributed by atoms with Gasteiger partial charge in [-0.1, -0.05) is 49.3 Å². The lowest BCUT2D eigenvalue weighted by atomic mass is 10.1. The van der Waals surface area contributed by atoms with Crippen molar-refractivity contribution in [1.82, 2.24) is 9.55 Å². The first-order chi connectivity index (χ1) is 15.2. The summed E-state index contributed by atoms with van der Waals surface area (Å²) in [5.74, 6) is -0.0554. The first kappa shape index (κ1) is 23.7. The van der Waals surface area contributed by atoms with Crippen LogP contribution < -0.4 is 10.9 Å². The minimum Gasteiger partial charge on any atom is -0.319 e. The molecule has 0 spiro atoms. The molecule has 3 aromatic rings. The van der Waals surface area contributed by atoms with Crippen LogP contribution in [0.4, 0.5) is 11.4 Å². The van der Waals surface area contributed by atoms with Crippen molar-refractivity contribution in [2.45, 2.75) is 44.1 Å². The molecule has 1 aromatic heterocycles. The lowest BCUT2D eigenvalue weighted by Crippen LogP contribution is -2.27. The number of aromatic nitrogens is 2. The summed E-state index contributed by atoms with van der Waals surface area (Å²) < 4.78 is 1.58. The molecule has 8 nitrogen and oxygen atoms in total. The number of anilines is 1. The zero-order valence-electron chi connectivity index (χ0n) is 17.9. The highest BCUT2D eigenvalue weighted by atomic mass is 35.5. The van der Waals surface area contributed by atoms with Crippen molar-refractivity contribution < 1.29 is 9.72 Å². The molecule has 1 heterocycles. The number of amides is 1. The summed E-state index contributed by atoms with van der Waals surface area (Å²) in [5.41, 5.74) is 0.189. The summed E-state index contributed by atoms with van der Waals surface area (Å²) in [4.78, 5) is 41.2. The first-order valence-corrected chi connectivity index (χ1v) is 11.3. The Morgan fingerprint density at radius 2 is 1.97 bits per heavy atom. The number of nitrogens with one attached hydrogen (secondary N) is 1. The number of thioether (sulfide) groups is 1. The number of nitro groups is 1. The van der Waals surface area contributed by atoms with Crippen molar-refractivity contribution >= 4 is 51.5 Å². The molecule has 0 fully saturated rings. The van der Waals surface area contributed by atoms with Crippen molar-refractivity contribution in [3.05, 3.63) is 68.0 Å². The monoisotopic (exact) mass is 474 g/mol. The van der Waals surface area contributed by atoms with Gasteiger partial charge >= 0.3 is 0 Å². The maximum absolute atomic E-state index is 13.1. The summed E-state index contributed by atoms with van der Waals surface area (Å²) in [6.45, 7) is 6.25. The van der Waals surface area contributed by atoms with Crippen molar-refractivity contribution in [2.24, 2.45) is 5.92 Å². The van der Waals surface area contributed by atoms with Crippen LogP contribution in [-0.2, 0) is 11.3 Å². The predicted molar refractivity (Wildman–Crippen MR) is 128 cm³/mol. The lowest BCUT2D eigenvalue weighted by molar-refractivity contribution is -0.383. The van der Waals surface area contributed by atoms with E-state index in [4.69, 9.17) is 11.6 Å². The van der Waals surface area contributed by atoms with Crippen LogP contribution in [0, 0.1) is 16.0 Å². The first-order valence-electron chi connectivity index (χ1n) is 10.1. The number of para-hydroxylation sites is 2. The number of rotatable bonds is 8. The predicted octanol–water partition coefficient (Wildman–Crippen LogP) is 5.12. The van der Waals surface area contributed by atoms with Crippen molar-refractivity contribution in [3.8, 4) is 0 Å². The third-order valence-electron chi connectivity index (χ3n) is 4.82. The largest absolute Gasteiger partial charge is 0.319 e. The highest BCUT2D eigenvalue weighted by Gasteiger charge is 2.22. The Morgan fingerprint density at radius 1 is 1.25 bits per heavy atom. The summed E-state index contributed by atoms with van der Waals surface area (Å²) in [6, 6.07) is 10.9. The van der Waals surface area contributed by atoms with Gasteiger partial charge < -0.3 is 5.32 Å². The highest BCUT2D eigenvalue weighted by Crippen LogP contribution is 2.27. The van der Waals surface area contributed by atoms with Gasteiger partial charge in [-0.05, 0) is 43.5 Å². The molecule has 0 aliphatic heterocycles. The second kappa shape index (κ2) is 10.1. The van der Waals surface area contributed by atoms with Crippen LogP contribution in [0.2, 0.25) is 5.02 Å². The van der Waals surface area contributed by atoms with Crippen LogP contribution in [0.15, 0.2) is 52.4 Å². The van der Waals surface area contributed by atoms with Crippen LogP contribution in [0.3, 0.4) is 0 Å². The Morgan fingerprint density at radius 3 is 2.66 bits per heavy atom. The van der Waals surface area contributed by atoms with Gasteiger partial charge in [-0.25, -0.2) is 4.98 Å². The molecule has 2 aromatic carbocycles. The molecule has 0 saturated carbocycles. The number of nitrogens with zero attached hydrogens (tertiary/aromatic N) is 3. The van der Waals surface area contributed by atoms with E-state index in [9.17, 15) is 19.7 Å². The van der Waals surface area contributed by atoms with Gasteiger partial charge in [0.15, 0.2) is 5.16 Å². The Kier molecular flexibility index (Phi) is 7.52. The minimum absolute atomic E-state index is 0.116. The minimum atomic E-state index is -0.663. The van der Waals surface area contributed by atoms with E-state index in [0.717, 1.165) is 18.2 Å². The molecule has 0 saturated heterocycles. The topological polar surface area (TPSA) is 107 Å². The molecular formula is C22H23ClN4O4S. The Labute approximate surface area is 194 Å². The quantitative estimate of drug-likeness (QED) is 0.210. The van der Waals surface area contributed by atoms with E-state index in [1.54, 1.807) is 35.8 Å². The molecular weight excluding hydrogens is 452 g/mol. The van der Waals surface area contributed by atoms with E-state index in [1.807, 2.05) is 0 Å². The van der Waals surface area contributed by atoms with Gasteiger partial charge in [0.1, 0.15) is 5.69 Å². The van der Waals surface area contributed by atoms with E-state index < -0.39 is 16.1 Å². The lowest BCUT2D eigenvalue weighted by Gasteiger charge is -2.17. The maximum atomic E-state index is 13.1. The van der Waals surface area contributed by atoms with Crippen LogP contribution in [0.1, 0.15) is 27.2 Å². The normalized spacial score (nSPS) is 12.2. The van der Waals surface area contributed by atoms with Gasteiger partial charge in [-0.15, -0.1) is 0 Å². The fourth-order valence-electron chi connectivity index (χ4n) is 3.03. The number of carbonyl (C=O) groups is 1. The van der Waals surface area contributed by atoms with Crippen molar-refractivity contribution in [3.63, 3.8) is 0 Å². The Balaban J connectivity index is 1.92. The van der Waals surface area contributed by atoms with Crippen LogP contribution in [0.5, 0.6) is 0 Å². The Hall–Kier alpha value is -2.91. The molecule has 1 atom stereocenters. The van der Waals surface area contributed by atoms with Gasteiger partial charge in [0, 0.05) is 17.6 Å². The van der Waals surface area contributed by atoms with Gasteiger partial charge in [-0.3, -0.25) is 24.3 Å². The number of benzene rings is 2. The molecule has 168 valence electrons. The number of nitro benzene ring substituents is 1. The van der Waals surface area contributed by atoms with Crippen LogP contribution in [-0.4, -0.2) is 25.6 Å². The van der Waals surface area contributed by atoms with E-state index in [0.29, 0.717) is 33.5 Å². The van der Waals surface area contributed by atoms with Crippen molar-refractivity contribution in [1.29, 1.82) is 0 Å². The molecule has 10 heteroatoms. The van der Waals surface area contributed by atoms with Crippen LogP contribution >= 0.6 is 23.4 Å². The standard InChI is InChI=1S/C22H23ClN4O4S/c1-13(2)10-11-26-21(29)16-9-8-15(23)12-18(16)25-22(26)32-14(3)20(28)24-17-6-4-5-7-19(17)27(30)31/h4-9,12-14H,10-11H2,1-3H3,(H,24,28). The number of halogens is 1. The summed E-state index contributed by atoms with van der Waals surface area (Å²) in [6.07, 6.45) is 0.769. The van der Waals surface area contributed by atoms with Gasteiger partial charge in [0.2, 0.25) is 5.91 Å². The molecule has 3 rings (SSSR count). The van der Waals surface area contributed by atoms with E-state index in [2.05, 4.69) is 24.1 Å². The molecule has 0 aliphatic carbocycles. The van der Waals surface area contributed by atoms with E-state index in [-0.39, 0.29) is 16.9 Å². The summed E-state index contributed by atoms with van der Waals surface area (Å²) in [5, 5.41) is 14.5. The third kappa shape index (κ3) is 5.46. The SMILES string of the molecule is CC(C)CCn1c(SC(C)C(=O)Nc2ccccc2[N+](=O)[O-])nc2cc(Cl)ccc2c1=O. The zero-order valence-corrected chi connectivity index (χ0v) is 19.4. The average Bonchev–Trinajstić information content (AvgIpc) is 2.73. The highest BCUT2D eigenvalue weighted by molar-refractivity contribution is 8.00. The fraction of sp³-hybridized carbons (Fsp3) is 0.318. The second-order valence-electron chi connectivity index (χ2n) is 7.72. The molecule has 32 heavy (non-hydrogen) atoms. The molecule has 1 N–H and O–H groups in total. The Bertz CT molecular complexity index is 1230. The van der Waals surface area contributed by atoms with Crippen molar-refractivity contribution in [2.75, 3.05) is 5.32 Å². The summed E-state index contributed by atoms with van der Waals surface area (Å²) in [7, 11) is 0. The van der Waals surface area contributed by atoms with E-state index in [1.165, 1.54) is 18.2 Å². The molecule has 1 unspecified atom stereocenters. The second-order valence-corrected chi connectivity index (χ2v) is 9.46. The third-order valence-corrected chi connectivity index (χ3v) is 6.15. The zero-order chi connectivity index (χ0) is 23.4. The number of carbonyl (C=O) groups excluding carboxylic acids is 1. The smallest absolute Gasteiger partial charge is 0.292 e. The van der Waals surface area contributed by atoms with E-state index >= 15 is 0 Å². The molecule has 0 bridgehead atoms. The molecule has 0 radical (unpaired) electrons. The molecule has 0 aliphatic rings. The maximum Gasteiger partial charge on any atom is 0.292 e. The average molecular weight is 475 g/mol. The fourth-order valence-corrected chi connectivity index (χ4v) is 4.13. The summed E-state index contributed by atoms with van der Waals surface area (Å²) >= 11 is 7.20. The van der Waals surface area contributed by atoms with Crippen LogP contribution in [0.25, 0.3) is 10.9 Å².